The van der Waals surface area contributed by atoms with E-state index < -0.39 is 0 Å². The molecule has 0 radical (unpaired) electrons. The number of hydrogen-bond donors (Lipinski definition) is 0. The van der Waals surface area contributed by atoms with Gasteiger partial charge >= 0.3 is 0 Å². The van der Waals surface area contributed by atoms with Crippen molar-refractivity contribution in [1.82, 2.24) is 0 Å². The molecule has 0 aromatic heterocycles. The van der Waals surface area contributed by atoms with Crippen molar-refractivity contribution >= 4 is 6.29 Å². The molecule has 0 aliphatic carbocycles. The van der Waals surface area contributed by atoms with E-state index in [0.717, 1.165) is 28.7 Å². The zero-order valence-corrected chi connectivity index (χ0v) is 11.5. The molecule has 0 heterocycles. The predicted octanol–water partition coefficient (Wildman–Crippen LogP) is 4.26. The molecule has 19 heavy (non-hydrogen) atoms. The van der Waals surface area contributed by atoms with Gasteiger partial charge in [-0.2, -0.15) is 0 Å². The van der Waals surface area contributed by atoms with Gasteiger partial charge in [0.15, 0.2) is 0 Å². The number of carbonyl (C=O) groups is 1. The highest BCUT2D eigenvalue weighted by Crippen LogP contribution is 2.27. The molecule has 0 fully saturated rings. The summed E-state index contributed by atoms with van der Waals surface area (Å²) in [5.74, 6) is 0.867. The van der Waals surface area contributed by atoms with Crippen molar-refractivity contribution < 1.29 is 9.53 Å². The Morgan fingerprint density at radius 3 is 2.53 bits per heavy atom. The number of aldehydes is 1. The van der Waals surface area contributed by atoms with E-state index in [4.69, 9.17) is 4.74 Å². The maximum absolute atomic E-state index is 10.8. The van der Waals surface area contributed by atoms with E-state index in [1.165, 1.54) is 0 Å². The van der Waals surface area contributed by atoms with Gasteiger partial charge in [-0.25, -0.2) is 0 Å². The van der Waals surface area contributed by atoms with Crippen LogP contribution in [0.4, 0.5) is 0 Å². The van der Waals surface area contributed by atoms with E-state index in [0.29, 0.717) is 5.56 Å². The minimum absolute atomic E-state index is 0.161. The second-order valence-electron chi connectivity index (χ2n) is 4.89. The standard InChI is InChI=1S/C17H18O2/c1-12(2)19-16-6-4-5-15(10-16)17-8-7-14(11-18)9-13(17)3/h4-12H,1-3H3. The van der Waals surface area contributed by atoms with Gasteiger partial charge in [-0.15, -0.1) is 0 Å². The van der Waals surface area contributed by atoms with E-state index in [1.54, 1.807) is 0 Å². The summed E-state index contributed by atoms with van der Waals surface area (Å²) in [7, 11) is 0. The Labute approximate surface area is 114 Å². The molecule has 0 amide bonds. The Morgan fingerprint density at radius 1 is 1.11 bits per heavy atom. The fraction of sp³-hybridized carbons (Fsp3) is 0.235. The highest BCUT2D eigenvalue weighted by atomic mass is 16.5. The second-order valence-corrected chi connectivity index (χ2v) is 4.89. The van der Waals surface area contributed by atoms with Gasteiger partial charge in [-0.05, 0) is 55.7 Å². The minimum Gasteiger partial charge on any atom is -0.491 e. The van der Waals surface area contributed by atoms with Crippen LogP contribution in [0.2, 0.25) is 0 Å². The van der Waals surface area contributed by atoms with E-state index in [-0.39, 0.29) is 6.10 Å². The number of rotatable bonds is 4. The van der Waals surface area contributed by atoms with Gasteiger partial charge in [-0.3, -0.25) is 4.79 Å². The molecule has 0 N–H and O–H groups in total. The number of ether oxygens (including phenoxy) is 1. The smallest absolute Gasteiger partial charge is 0.150 e. The van der Waals surface area contributed by atoms with Gasteiger partial charge in [0.1, 0.15) is 12.0 Å². The molecule has 0 unspecified atom stereocenters. The molecular weight excluding hydrogens is 236 g/mol. The molecule has 0 aliphatic rings. The molecule has 0 saturated carbocycles. The summed E-state index contributed by atoms with van der Waals surface area (Å²) in [6, 6.07) is 13.7. The lowest BCUT2D eigenvalue weighted by Gasteiger charge is -2.12. The molecule has 0 bridgehead atoms. The van der Waals surface area contributed by atoms with Gasteiger partial charge in [0.05, 0.1) is 6.10 Å². The van der Waals surface area contributed by atoms with Crippen molar-refractivity contribution in [3.8, 4) is 16.9 Å². The first-order chi connectivity index (χ1) is 9.10. The van der Waals surface area contributed by atoms with Crippen molar-refractivity contribution in [3.05, 3.63) is 53.6 Å². The second kappa shape index (κ2) is 5.70. The highest BCUT2D eigenvalue weighted by molar-refractivity contribution is 5.78. The molecule has 0 aliphatic heterocycles. The third-order valence-corrected chi connectivity index (χ3v) is 2.90. The van der Waals surface area contributed by atoms with Crippen LogP contribution in [0.1, 0.15) is 29.8 Å². The van der Waals surface area contributed by atoms with Crippen LogP contribution >= 0.6 is 0 Å². The molecule has 2 aromatic rings. The van der Waals surface area contributed by atoms with Crippen LogP contribution in [0.5, 0.6) is 5.75 Å². The van der Waals surface area contributed by atoms with E-state index in [1.807, 2.05) is 57.2 Å². The lowest BCUT2D eigenvalue weighted by atomic mass is 9.98. The van der Waals surface area contributed by atoms with Crippen molar-refractivity contribution in [2.45, 2.75) is 26.9 Å². The van der Waals surface area contributed by atoms with Gasteiger partial charge < -0.3 is 4.74 Å². The Balaban J connectivity index is 2.38. The Bertz CT molecular complexity index is 586. The number of benzene rings is 2. The summed E-state index contributed by atoms with van der Waals surface area (Å²) in [5.41, 5.74) is 4.02. The van der Waals surface area contributed by atoms with Crippen molar-refractivity contribution in [1.29, 1.82) is 0 Å². The maximum atomic E-state index is 10.8. The van der Waals surface area contributed by atoms with Crippen LogP contribution in [0.3, 0.4) is 0 Å². The molecular formula is C17H18O2. The largest absolute Gasteiger partial charge is 0.491 e. The molecule has 2 aromatic carbocycles. The van der Waals surface area contributed by atoms with Crippen LogP contribution in [0, 0.1) is 6.92 Å². The van der Waals surface area contributed by atoms with Crippen LogP contribution in [-0.2, 0) is 0 Å². The molecule has 2 rings (SSSR count). The number of carbonyl (C=O) groups excluding carboxylic acids is 1. The summed E-state index contributed by atoms with van der Waals surface area (Å²) >= 11 is 0. The first kappa shape index (κ1) is 13.3. The fourth-order valence-electron chi connectivity index (χ4n) is 2.09. The van der Waals surface area contributed by atoms with Crippen LogP contribution < -0.4 is 4.74 Å². The summed E-state index contributed by atoms with van der Waals surface area (Å²) in [6.45, 7) is 6.03. The van der Waals surface area contributed by atoms with Gasteiger partial charge in [0.2, 0.25) is 0 Å². The zero-order valence-electron chi connectivity index (χ0n) is 11.5. The van der Waals surface area contributed by atoms with Crippen LogP contribution in [-0.4, -0.2) is 12.4 Å². The summed E-state index contributed by atoms with van der Waals surface area (Å²) in [6.07, 6.45) is 1.03. The van der Waals surface area contributed by atoms with E-state index in [9.17, 15) is 4.79 Å². The Morgan fingerprint density at radius 2 is 1.89 bits per heavy atom. The predicted molar refractivity (Wildman–Crippen MR) is 77.8 cm³/mol. The fourth-order valence-corrected chi connectivity index (χ4v) is 2.09. The first-order valence-electron chi connectivity index (χ1n) is 6.43. The summed E-state index contributed by atoms with van der Waals surface area (Å²) < 4.78 is 5.70. The summed E-state index contributed by atoms with van der Waals surface area (Å²) in [5, 5.41) is 0. The SMILES string of the molecule is Cc1cc(C=O)ccc1-c1cccc(OC(C)C)c1. The van der Waals surface area contributed by atoms with Gasteiger partial charge in [-0.1, -0.05) is 24.3 Å². The molecule has 2 nitrogen and oxygen atoms in total. The van der Waals surface area contributed by atoms with Gasteiger partial charge in [0, 0.05) is 5.56 Å². The molecule has 0 spiro atoms. The van der Waals surface area contributed by atoms with Crippen LogP contribution in [0.15, 0.2) is 42.5 Å². The number of hydrogen-bond acceptors (Lipinski definition) is 2. The number of aryl methyl sites for hydroxylation is 1. The van der Waals surface area contributed by atoms with E-state index >= 15 is 0 Å². The maximum Gasteiger partial charge on any atom is 0.150 e. The highest BCUT2D eigenvalue weighted by Gasteiger charge is 2.05. The molecule has 0 atom stereocenters. The van der Waals surface area contributed by atoms with E-state index in [2.05, 4.69) is 6.07 Å². The lowest BCUT2D eigenvalue weighted by Crippen LogP contribution is -2.05. The van der Waals surface area contributed by atoms with Crippen molar-refractivity contribution in [3.63, 3.8) is 0 Å². The average molecular weight is 254 g/mol. The average Bonchev–Trinajstić information content (AvgIpc) is 2.38. The topological polar surface area (TPSA) is 26.3 Å². The third-order valence-electron chi connectivity index (χ3n) is 2.90. The van der Waals surface area contributed by atoms with Crippen LogP contribution in [0.25, 0.3) is 11.1 Å². The quantitative estimate of drug-likeness (QED) is 0.762. The molecule has 0 saturated heterocycles. The van der Waals surface area contributed by atoms with Gasteiger partial charge in [0.25, 0.3) is 0 Å². The first-order valence-corrected chi connectivity index (χ1v) is 6.43. The summed E-state index contributed by atoms with van der Waals surface area (Å²) in [4.78, 5) is 10.8. The third kappa shape index (κ3) is 3.22. The normalized spacial score (nSPS) is 10.5. The molecule has 98 valence electrons. The minimum atomic E-state index is 0.161. The Hall–Kier alpha value is -2.09. The Kier molecular flexibility index (Phi) is 4.00. The monoisotopic (exact) mass is 254 g/mol. The van der Waals surface area contributed by atoms with Crippen molar-refractivity contribution in [2.24, 2.45) is 0 Å². The molecule has 2 heteroatoms. The van der Waals surface area contributed by atoms with Crippen molar-refractivity contribution in [2.75, 3.05) is 0 Å². The lowest BCUT2D eigenvalue weighted by molar-refractivity contribution is 0.112. The zero-order chi connectivity index (χ0) is 13.8.